The number of hydrogen-bond donors (Lipinski definition) is 3. The Balaban J connectivity index is 1.85. The van der Waals surface area contributed by atoms with Crippen LogP contribution in [0.5, 0.6) is 0 Å². The monoisotopic (exact) mass is 418 g/mol. The van der Waals surface area contributed by atoms with Gasteiger partial charge < -0.3 is 15.3 Å². The molecule has 2 aromatic rings. The van der Waals surface area contributed by atoms with E-state index in [1.54, 1.807) is 12.1 Å². The molecule has 1 aliphatic heterocycles. The van der Waals surface area contributed by atoms with Crippen molar-refractivity contribution in [2.45, 2.75) is 43.3 Å². The molecule has 0 saturated carbocycles. The quantitative estimate of drug-likeness (QED) is 0.662. The van der Waals surface area contributed by atoms with Crippen LogP contribution in [-0.4, -0.2) is 41.6 Å². The highest BCUT2D eigenvalue weighted by Crippen LogP contribution is 2.38. The first-order valence-corrected chi connectivity index (χ1v) is 10.9. The summed E-state index contributed by atoms with van der Waals surface area (Å²) in [7, 11) is -3.90. The van der Waals surface area contributed by atoms with E-state index in [2.05, 4.69) is 10.3 Å². The maximum absolute atomic E-state index is 11.6. The molecule has 1 aromatic carbocycles. The second kappa shape index (κ2) is 8.00. The lowest BCUT2D eigenvalue weighted by Crippen LogP contribution is -2.41. The maximum atomic E-state index is 11.6. The number of nitrogens with one attached hydrogen (secondary N) is 1. The number of pyridine rings is 1. The van der Waals surface area contributed by atoms with Gasteiger partial charge in [-0.2, -0.15) is 0 Å². The van der Waals surface area contributed by atoms with Crippen LogP contribution in [0.4, 0.5) is 10.6 Å². The lowest BCUT2D eigenvalue weighted by molar-refractivity contribution is 0.117. The number of aromatic nitrogens is 1. The number of hydrogen-bond acceptors (Lipinski definition) is 5. The zero-order valence-electron chi connectivity index (χ0n) is 16.4. The van der Waals surface area contributed by atoms with Crippen LogP contribution in [0.3, 0.4) is 0 Å². The van der Waals surface area contributed by atoms with Gasteiger partial charge in [0.25, 0.3) is 10.0 Å². The van der Waals surface area contributed by atoms with Crippen molar-refractivity contribution in [2.24, 2.45) is 11.1 Å². The van der Waals surface area contributed by atoms with Crippen LogP contribution in [0, 0.1) is 5.92 Å². The Bertz CT molecular complexity index is 979. The summed E-state index contributed by atoms with van der Waals surface area (Å²) >= 11 is 0. The minimum atomic E-state index is -3.90. The standard InChI is InChI=1S/C20H26N4O4S/c1-20(2)12-14(13-24(20)19(25)26)11-16(15-7-4-3-5-8-15)22-17-9-6-10-18(23-17)29(21,27)28/h3-10,14,16H,11-13H2,1-2H3,(H,22,23)(H,25,26)(H2,21,27,28)/t14-,16?/m0/s1. The number of carboxylic acid groups (broad SMARTS) is 1. The summed E-state index contributed by atoms with van der Waals surface area (Å²) in [5.41, 5.74) is 0.589. The fourth-order valence-corrected chi connectivity index (χ4v) is 4.50. The van der Waals surface area contributed by atoms with Gasteiger partial charge in [0.05, 0.1) is 6.04 Å². The fraction of sp³-hybridized carbons (Fsp3) is 0.400. The fourth-order valence-electron chi connectivity index (χ4n) is 4.01. The van der Waals surface area contributed by atoms with Gasteiger partial charge in [0.15, 0.2) is 5.03 Å². The number of anilines is 1. The van der Waals surface area contributed by atoms with E-state index in [9.17, 15) is 18.3 Å². The molecule has 0 spiro atoms. The minimum absolute atomic E-state index is 0.153. The van der Waals surface area contributed by atoms with Gasteiger partial charge in [-0.3, -0.25) is 0 Å². The molecule has 29 heavy (non-hydrogen) atoms. The normalized spacial score (nSPS) is 19.7. The van der Waals surface area contributed by atoms with Crippen LogP contribution in [-0.2, 0) is 10.0 Å². The van der Waals surface area contributed by atoms with E-state index in [1.807, 2.05) is 44.2 Å². The summed E-state index contributed by atoms with van der Waals surface area (Å²) in [4.78, 5) is 17.2. The number of primary sulfonamides is 1. The van der Waals surface area contributed by atoms with Crippen molar-refractivity contribution in [3.63, 3.8) is 0 Å². The Morgan fingerprint density at radius 1 is 1.28 bits per heavy atom. The molecule has 0 bridgehead atoms. The van der Waals surface area contributed by atoms with Crippen LogP contribution in [0.25, 0.3) is 0 Å². The van der Waals surface area contributed by atoms with E-state index in [0.29, 0.717) is 18.8 Å². The maximum Gasteiger partial charge on any atom is 0.407 e. The van der Waals surface area contributed by atoms with Crippen molar-refractivity contribution in [3.05, 3.63) is 54.1 Å². The molecular formula is C20H26N4O4S. The Hall–Kier alpha value is -2.65. The molecular weight excluding hydrogens is 392 g/mol. The summed E-state index contributed by atoms with van der Waals surface area (Å²) < 4.78 is 23.2. The molecule has 8 nitrogen and oxygen atoms in total. The Labute approximate surface area is 170 Å². The van der Waals surface area contributed by atoms with E-state index in [0.717, 1.165) is 12.0 Å². The Kier molecular flexibility index (Phi) is 5.81. The van der Waals surface area contributed by atoms with Crippen molar-refractivity contribution in [3.8, 4) is 0 Å². The molecule has 0 aliphatic carbocycles. The largest absolute Gasteiger partial charge is 0.465 e. The molecule has 2 atom stereocenters. The van der Waals surface area contributed by atoms with Crippen LogP contribution >= 0.6 is 0 Å². The molecule has 1 fully saturated rings. The van der Waals surface area contributed by atoms with Gasteiger partial charge in [0, 0.05) is 12.1 Å². The third kappa shape index (κ3) is 5.04. The average Bonchev–Trinajstić information content (AvgIpc) is 2.96. The van der Waals surface area contributed by atoms with Gasteiger partial charge in [-0.1, -0.05) is 36.4 Å². The zero-order valence-corrected chi connectivity index (χ0v) is 17.3. The summed E-state index contributed by atoms with van der Waals surface area (Å²) in [6.07, 6.45) is 0.511. The molecule has 4 N–H and O–H groups in total. The predicted molar refractivity (Wildman–Crippen MR) is 110 cm³/mol. The molecule has 1 aliphatic rings. The van der Waals surface area contributed by atoms with E-state index in [4.69, 9.17) is 5.14 Å². The van der Waals surface area contributed by atoms with E-state index in [1.165, 1.54) is 11.0 Å². The zero-order chi connectivity index (χ0) is 21.2. The van der Waals surface area contributed by atoms with Gasteiger partial charge in [-0.25, -0.2) is 23.3 Å². The van der Waals surface area contributed by atoms with E-state index >= 15 is 0 Å². The number of nitrogens with zero attached hydrogens (tertiary/aromatic N) is 2. The number of carbonyl (C=O) groups is 1. The Morgan fingerprint density at radius 2 is 1.97 bits per heavy atom. The van der Waals surface area contributed by atoms with Gasteiger partial charge in [0.2, 0.25) is 0 Å². The first-order chi connectivity index (χ1) is 13.6. The summed E-state index contributed by atoms with van der Waals surface area (Å²) in [5.74, 6) is 0.554. The van der Waals surface area contributed by atoms with Gasteiger partial charge >= 0.3 is 6.09 Å². The number of rotatable bonds is 6. The first kappa shape index (κ1) is 21.1. The predicted octanol–water partition coefficient (Wildman–Crippen LogP) is 3.05. The lowest BCUT2D eigenvalue weighted by atomic mass is 9.89. The smallest absolute Gasteiger partial charge is 0.407 e. The molecule has 2 heterocycles. The van der Waals surface area contributed by atoms with Crippen molar-refractivity contribution in [2.75, 3.05) is 11.9 Å². The molecule has 3 rings (SSSR count). The van der Waals surface area contributed by atoms with Crippen molar-refractivity contribution < 1.29 is 18.3 Å². The summed E-state index contributed by atoms with van der Waals surface area (Å²) in [5, 5.41) is 17.8. The highest BCUT2D eigenvalue weighted by Gasteiger charge is 2.41. The van der Waals surface area contributed by atoms with Crippen molar-refractivity contribution >= 4 is 21.9 Å². The number of sulfonamides is 1. The van der Waals surface area contributed by atoms with Crippen LogP contribution < -0.4 is 10.5 Å². The highest BCUT2D eigenvalue weighted by molar-refractivity contribution is 7.89. The van der Waals surface area contributed by atoms with Crippen molar-refractivity contribution in [1.82, 2.24) is 9.88 Å². The molecule has 1 aromatic heterocycles. The van der Waals surface area contributed by atoms with Gasteiger partial charge in [-0.15, -0.1) is 0 Å². The molecule has 156 valence electrons. The second-order valence-electron chi connectivity index (χ2n) is 8.03. The van der Waals surface area contributed by atoms with Crippen LogP contribution in [0.15, 0.2) is 53.6 Å². The third-order valence-corrected chi connectivity index (χ3v) is 6.11. The third-order valence-electron chi connectivity index (χ3n) is 5.30. The van der Waals surface area contributed by atoms with E-state index < -0.39 is 21.7 Å². The molecule has 1 unspecified atom stereocenters. The molecule has 1 amide bonds. The highest BCUT2D eigenvalue weighted by atomic mass is 32.2. The average molecular weight is 419 g/mol. The minimum Gasteiger partial charge on any atom is -0.465 e. The number of benzene rings is 1. The number of likely N-dealkylation sites (tertiary alicyclic amines) is 1. The SMILES string of the molecule is CC1(C)C[C@H](CC(Nc2cccc(S(N)(=O)=O)n2)c2ccccc2)CN1C(=O)O. The molecule has 9 heteroatoms. The Morgan fingerprint density at radius 3 is 2.55 bits per heavy atom. The van der Waals surface area contributed by atoms with Gasteiger partial charge in [-0.05, 0) is 50.3 Å². The summed E-state index contributed by atoms with van der Waals surface area (Å²) in [6.45, 7) is 4.32. The molecule has 1 saturated heterocycles. The van der Waals surface area contributed by atoms with Crippen LogP contribution in [0.2, 0.25) is 0 Å². The summed E-state index contributed by atoms with van der Waals surface area (Å²) in [6, 6.07) is 14.2. The van der Waals surface area contributed by atoms with E-state index in [-0.39, 0.29) is 17.0 Å². The number of amides is 1. The van der Waals surface area contributed by atoms with Crippen molar-refractivity contribution in [1.29, 1.82) is 0 Å². The lowest BCUT2D eigenvalue weighted by Gasteiger charge is -2.28. The molecule has 0 radical (unpaired) electrons. The number of nitrogens with two attached hydrogens (primary N) is 1. The topological polar surface area (TPSA) is 126 Å². The van der Waals surface area contributed by atoms with Crippen LogP contribution in [0.1, 0.15) is 38.3 Å². The van der Waals surface area contributed by atoms with Gasteiger partial charge in [0.1, 0.15) is 5.82 Å². The first-order valence-electron chi connectivity index (χ1n) is 9.38. The second-order valence-corrected chi connectivity index (χ2v) is 9.53.